The number of thioether (sulfide) groups is 1. The number of nitrogens with one attached hydrogen (secondary N) is 1. The third-order valence-corrected chi connectivity index (χ3v) is 3.76. The Labute approximate surface area is 117 Å². The van der Waals surface area contributed by atoms with Crippen LogP contribution < -0.4 is 10.2 Å². The molecule has 1 N–H and O–H groups in total. The second-order valence-corrected chi connectivity index (χ2v) is 6.03. The van der Waals surface area contributed by atoms with Crippen LogP contribution in [0.3, 0.4) is 0 Å². The number of fused-ring (bicyclic) bond motifs is 1. The zero-order chi connectivity index (χ0) is 14.0. The Hall–Kier alpha value is -1.49. The molecule has 0 atom stereocenters. The molecule has 2 amide bonds. The molecule has 1 aliphatic heterocycles. The molecule has 1 aromatic carbocycles. The van der Waals surface area contributed by atoms with Crippen molar-refractivity contribution in [2.75, 3.05) is 23.5 Å². The first-order valence-corrected chi connectivity index (χ1v) is 7.59. The van der Waals surface area contributed by atoms with E-state index in [1.807, 2.05) is 24.5 Å². The molecule has 0 bridgehead atoms. The van der Waals surface area contributed by atoms with Crippen molar-refractivity contribution < 1.29 is 9.59 Å². The molecular formula is C14H18N2O2S. The Morgan fingerprint density at radius 3 is 2.63 bits per heavy atom. The number of amides is 2. The van der Waals surface area contributed by atoms with Gasteiger partial charge in [-0.1, -0.05) is 12.1 Å². The van der Waals surface area contributed by atoms with Gasteiger partial charge in [-0.3, -0.25) is 9.59 Å². The number of carbonyl (C=O) groups is 2. The predicted octanol–water partition coefficient (Wildman–Crippen LogP) is 1.90. The van der Waals surface area contributed by atoms with Crippen LogP contribution in [0.2, 0.25) is 0 Å². The topological polar surface area (TPSA) is 49.4 Å². The third-order valence-electron chi connectivity index (χ3n) is 3.16. The van der Waals surface area contributed by atoms with Gasteiger partial charge in [-0.2, -0.15) is 11.8 Å². The predicted molar refractivity (Wildman–Crippen MR) is 78.7 cm³/mol. The molecule has 0 fully saturated rings. The van der Waals surface area contributed by atoms with Crippen LogP contribution >= 0.6 is 11.8 Å². The zero-order valence-electron chi connectivity index (χ0n) is 11.4. The molecule has 1 heterocycles. The molecule has 0 aromatic heterocycles. The quantitative estimate of drug-likeness (QED) is 0.919. The van der Waals surface area contributed by atoms with E-state index in [0.29, 0.717) is 17.8 Å². The third kappa shape index (κ3) is 2.61. The number of anilines is 1. The van der Waals surface area contributed by atoms with Crippen LogP contribution in [-0.4, -0.2) is 35.9 Å². The Morgan fingerprint density at radius 1 is 1.26 bits per heavy atom. The van der Waals surface area contributed by atoms with Crippen molar-refractivity contribution in [2.45, 2.75) is 19.4 Å². The van der Waals surface area contributed by atoms with Crippen LogP contribution in [0.1, 0.15) is 24.2 Å². The summed E-state index contributed by atoms with van der Waals surface area (Å²) < 4.78 is 0. The van der Waals surface area contributed by atoms with Gasteiger partial charge in [0.15, 0.2) is 0 Å². The van der Waals surface area contributed by atoms with E-state index in [4.69, 9.17) is 0 Å². The summed E-state index contributed by atoms with van der Waals surface area (Å²) in [6.07, 6.45) is 2.00. The molecule has 102 valence electrons. The summed E-state index contributed by atoms with van der Waals surface area (Å²) in [6, 6.07) is 7.25. The van der Waals surface area contributed by atoms with E-state index in [0.717, 1.165) is 5.75 Å². The summed E-state index contributed by atoms with van der Waals surface area (Å²) in [5.41, 5.74) is 0.376. The van der Waals surface area contributed by atoms with E-state index in [1.54, 1.807) is 36.6 Å². The highest BCUT2D eigenvalue weighted by molar-refractivity contribution is 7.98. The van der Waals surface area contributed by atoms with Crippen molar-refractivity contribution in [3.8, 4) is 0 Å². The van der Waals surface area contributed by atoms with Crippen LogP contribution in [0.4, 0.5) is 5.69 Å². The summed E-state index contributed by atoms with van der Waals surface area (Å²) in [4.78, 5) is 26.5. The van der Waals surface area contributed by atoms with Crippen LogP contribution in [0.5, 0.6) is 0 Å². The lowest BCUT2D eigenvalue weighted by molar-refractivity contribution is -0.123. The first-order chi connectivity index (χ1) is 8.97. The number of rotatable bonds is 3. The summed E-state index contributed by atoms with van der Waals surface area (Å²) in [7, 11) is 0. The molecule has 1 aliphatic rings. The van der Waals surface area contributed by atoms with Gasteiger partial charge in [0.2, 0.25) is 0 Å². The van der Waals surface area contributed by atoms with Gasteiger partial charge < -0.3 is 10.2 Å². The van der Waals surface area contributed by atoms with Gasteiger partial charge in [-0.15, -0.1) is 0 Å². The number of hydrogen-bond acceptors (Lipinski definition) is 3. The Balaban J connectivity index is 2.50. The van der Waals surface area contributed by atoms with E-state index in [2.05, 4.69) is 5.32 Å². The second kappa shape index (κ2) is 5.25. The van der Waals surface area contributed by atoms with Gasteiger partial charge in [0.1, 0.15) is 5.54 Å². The van der Waals surface area contributed by atoms with Gasteiger partial charge in [0.25, 0.3) is 11.8 Å². The molecular weight excluding hydrogens is 260 g/mol. The standard InChI is InChI=1S/C14H18N2O2S/c1-14(2)13(18)16(8-9-19-3)11-7-5-4-6-10(11)12(17)15-14/h4-7H,8-9H2,1-3H3,(H,15,17). The lowest BCUT2D eigenvalue weighted by atomic mass is 10.0. The average Bonchev–Trinajstić information content (AvgIpc) is 2.44. The summed E-state index contributed by atoms with van der Waals surface area (Å²) in [5, 5.41) is 2.79. The minimum atomic E-state index is -0.880. The summed E-state index contributed by atoms with van der Waals surface area (Å²) in [5.74, 6) is 0.574. The molecule has 4 nitrogen and oxygen atoms in total. The van der Waals surface area contributed by atoms with E-state index >= 15 is 0 Å². The number of benzene rings is 1. The molecule has 19 heavy (non-hydrogen) atoms. The molecule has 0 saturated carbocycles. The summed E-state index contributed by atoms with van der Waals surface area (Å²) in [6.45, 7) is 4.09. The van der Waals surface area contributed by atoms with Crippen molar-refractivity contribution in [2.24, 2.45) is 0 Å². The van der Waals surface area contributed by atoms with Crippen LogP contribution in [0.15, 0.2) is 24.3 Å². The van der Waals surface area contributed by atoms with E-state index < -0.39 is 5.54 Å². The van der Waals surface area contributed by atoms with Gasteiger partial charge >= 0.3 is 0 Å². The monoisotopic (exact) mass is 278 g/mol. The summed E-state index contributed by atoms with van der Waals surface area (Å²) >= 11 is 1.68. The highest BCUT2D eigenvalue weighted by atomic mass is 32.2. The largest absolute Gasteiger partial charge is 0.338 e. The lowest BCUT2D eigenvalue weighted by Crippen LogP contribution is -2.54. The molecule has 0 spiro atoms. The fraction of sp³-hybridized carbons (Fsp3) is 0.429. The molecule has 1 aromatic rings. The van der Waals surface area contributed by atoms with Crippen molar-refractivity contribution in [3.05, 3.63) is 29.8 Å². The van der Waals surface area contributed by atoms with Crippen LogP contribution in [-0.2, 0) is 4.79 Å². The van der Waals surface area contributed by atoms with Gasteiger partial charge in [-0.05, 0) is 32.2 Å². The minimum Gasteiger partial charge on any atom is -0.338 e. The smallest absolute Gasteiger partial charge is 0.254 e. The van der Waals surface area contributed by atoms with Crippen LogP contribution in [0, 0.1) is 0 Å². The first-order valence-electron chi connectivity index (χ1n) is 6.20. The van der Waals surface area contributed by atoms with Gasteiger partial charge in [0, 0.05) is 12.3 Å². The second-order valence-electron chi connectivity index (χ2n) is 5.05. The van der Waals surface area contributed by atoms with Gasteiger partial charge in [0.05, 0.1) is 11.3 Å². The number of carbonyl (C=O) groups excluding carboxylic acids is 2. The van der Waals surface area contributed by atoms with Crippen molar-refractivity contribution >= 4 is 29.3 Å². The molecule has 0 saturated heterocycles. The van der Waals surface area contributed by atoms with Crippen molar-refractivity contribution in [1.29, 1.82) is 0 Å². The normalized spacial score (nSPS) is 17.7. The van der Waals surface area contributed by atoms with Gasteiger partial charge in [-0.25, -0.2) is 0 Å². The number of nitrogens with zero attached hydrogens (tertiary/aromatic N) is 1. The Morgan fingerprint density at radius 2 is 1.95 bits per heavy atom. The molecule has 2 rings (SSSR count). The molecule has 0 aliphatic carbocycles. The van der Waals surface area contributed by atoms with Crippen LogP contribution in [0.25, 0.3) is 0 Å². The SMILES string of the molecule is CSCCN1C(=O)C(C)(C)NC(=O)c2ccccc21. The maximum absolute atomic E-state index is 12.6. The van der Waals surface area contributed by atoms with E-state index in [1.165, 1.54) is 0 Å². The highest BCUT2D eigenvalue weighted by Gasteiger charge is 2.38. The van der Waals surface area contributed by atoms with E-state index in [9.17, 15) is 9.59 Å². The number of para-hydroxylation sites is 1. The van der Waals surface area contributed by atoms with E-state index in [-0.39, 0.29) is 11.8 Å². The first kappa shape index (κ1) is 13.9. The van der Waals surface area contributed by atoms with Crippen molar-refractivity contribution in [1.82, 2.24) is 5.32 Å². The molecule has 0 unspecified atom stereocenters. The Bertz CT molecular complexity index is 514. The fourth-order valence-corrected chi connectivity index (χ4v) is 2.52. The fourth-order valence-electron chi connectivity index (χ4n) is 2.16. The number of hydrogen-bond donors (Lipinski definition) is 1. The Kier molecular flexibility index (Phi) is 3.85. The zero-order valence-corrected chi connectivity index (χ0v) is 12.2. The molecule has 0 radical (unpaired) electrons. The minimum absolute atomic E-state index is 0.0696. The molecule has 5 heteroatoms. The average molecular weight is 278 g/mol. The maximum atomic E-state index is 12.6. The maximum Gasteiger partial charge on any atom is 0.254 e. The van der Waals surface area contributed by atoms with Crippen molar-refractivity contribution in [3.63, 3.8) is 0 Å². The highest BCUT2D eigenvalue weighted by Crippen LogP contribution is 2.27. The lowest BCUT2D eigenvalue weighted by Gasteiger charge is -2.29.